The molecule has 114 valence electrons. The van der Waals surface area contributed by atoms with E-state index in [-0.39, 0.29) is 10.6 Å². The van der Waals surface area contributed by atoms with Gasteiger partial charge in [0, 0.05) is 19.2 Å². The zero-order valence-corrected chi connectivity index (χ0v) is 12.4. The van der Waals surface area contributed by atoms with Crippen LogP contribution in [0.25, 0.3) is 0 Å². The van der Waals surface area contributed by atoms with Crippen molar-refractivity contribution in [2.45, 2.75) is 25.7 Å². The first-order valence-corrected chi connectivity index (χ1v) is 7.24. The molecule has 1 aliphatic heterocycles. The standard InChI is InChI=1S/C15H20N2O4/c1-20-13-8-11(12(17(18)19)9-14(13)21-2)16-7-6-15(10-16)4-3-5-15/h8-9H,3-7,10H2,1-2H3. The molecule has 1 aliphatic carbocycles. The molecule has 1 aromatic carbocycles. The summed E-state index contributed by atoms with van der Waals surface area (Å²) in [5.74, 6) is 0.929. The third-order valence-electron chi connectivity index (χ3n) is 4.87. The third-order valence-corrected chi connectivity index (χ3v) is 4.87. The zero-order valence-electron chi connectivity index (χ0n) is 12.4. The molecule has 21 heavy (non-hydrogen) atoms. The minimum atomic E-state index is -0.344. The summed E-state index contributed by atoms with van der Waals surface area (Å²) < 4.78 is 10.5. The van der Waals surface area contributed by atoms with Gasteiger partial charge in [0.25, 0.3) is 5.69 Å². The predicted molar refractivity (Wildman–Crippen MR) is 79.3 cm³/mol. The van der Waals surface area contributed by atoms with E-state index < -0.39 is 0 Å². The lowest BCUT2D eigenvalue weighted by molar-refractivity contribution is -0.384. The molecule has 0 unspecified atom stereocenters. The van der Waals surface area contributed by atoms with E-state index in [1.807, 2.05) is 0 Å². The molecular formula is C15H20N2O4. The molecule has 1 saturated carbocycles. The lowest BCUT2D eigenvalue weighted by Gasteiger charge is -2.38. The highest BCUT2D eigenvalue weighted by atomic mass is 16.6. The van der Waals surface area contributed by atoms with Gasteiger partial charge in [-0.3, -0.25) is 10.1 Å². The van der Waals surface area contributed by atoms with Crippen molar-refractivity contribution in [3.63, 3.8) is 0 Å². The summed E-state index contributed by atoms with van der Waals surface area (Å²) in [6, 6.07) is 3.19. The van der Waals surface area contributed by atoms with Crippen molar-refractivity contribution in [1.29, 1.82) is 0 Å². The molecule has 1 spiro atoms. The number of nitro benzene ring substituents is 1. The molecule has 2 fully saturated rings. The Morgan fingerprint density at radius 1 is 1.19 bits per heavy atom. The Labute approximate surface area is 123 Å². The molecular weight excluding hydrogens is 272 g/mol. The van der Waals surface area contributed by atoms with Crippen LogP contribution in [0.5, 0.6) is 11.5 Å². The molecule has 1 aromatic rings. The molecule has 0 amide bonds. The summed E-state index contributed by atoms with van der Waals surface area (Å²) in [7, 11) is 3.03. The highest BCUT2D eigenvalue weighted by molar-refractivity contribution is 5.70. The average molecular weight is 292 g/mol. The van der Waals surface area contributed by atoms with Gasteiger partial charge in [-0.25, -0.2) is 0 Å². The molecule has 0 bridgehead atoms. The second-order valence-electron chi connectivity index (χ2n) is 5.98. The van der Waals surface area contributed by atoms with Gasteiger partial charge in [-0.1, -0.05) is 6.42 Å². The first-order chi connectivity index (χ1) is 10.1. The fraction of sp³-hybridized carbons (Fsp3) is 0.600. The van der Waals surface area contributed by atoms with E-state index >= 15 is 0 Å². The Bertz CT molecular complexity index is 569. The Hall–Kier alpha value is -1.98. The molecule has 2 aliphatic rings. The number of hydrogen-bond acceptors (Lipinski definition) is 5. The maximum Gasteiger partial charge on any atom is 0.296 e. The number of hydrogen-bond donors (Lipinski definition) is 0. The van der Waals surface area contributed by atoms with Crippen LogP contribution in [0.2, 0.25) is 0 Å². The normalized spacial score (nSPS) is 19.4. The Morgan fingerprint density at radius 2 is 1.86 bits per heavy atom. The van der Waals surface area contributed by atoms with E-state index in [1.54, 1.807) is 13.2 Å². The predicted octanol–water partition coefficient (Wildman–Crippen LogP) is 2.99. The van der Waals surface area contributed by atoms with Crippen molar-refractivity contribution in [2.24, 2.45) is 5.41 Å². The first-order valence-electron chi connectivity index (χ1n) is 7.24. The number of nitrogens with zero attached hydrogens (tertiary/aromatic N) is 2. The van der Waals surface area contributed by atoms with E-state index in [0.717, 1.165) is 19.5 Å². The van der Waals surface area contributed by atoms with Gasteiger partial charge in [0.05, 0.1) is 25.2 Å². The van der Waals surface area contributed by atoms with Crippen molar-refractivity contribution in [1.82, 2.24) is 0 Å². The molecule has 1 heterocycles. The smallest absolute Gasteiger partial charge is 0.296 e. The SMILES string of the molecule is COc1cc(N2CCC3(CCC3)C2)c([N+](=O)[O-])cc1OC. The molecule has 6 nitrogen and oxygen atoms in total. The van der Waals surface area contributed by atoms with Crippen molar-refractivity contribution in [2.75, 3.05) is 32.2 Å². The fourth-order valence-electron chi connectivity index (χ4n) is 3.48. The van der Waals surface area contributed by atoms with Crippen LogP contribution in [-0.2, 0) is 0 Å². The van der Waals surface area contributed by atoms with Gasteiger partial charge in [0.2, 0.25) is 0 Å². The van der Waals surface area contributed by atoms with Crippen LogP contribution in [0.15, 0.2) is 12.1 Å². The molecule has 0 N–H and O–H groups in total. The van der Waals surface area contributed by atoms with Crippen LogP contribution in [0.4, 0.5) is 11.4 Å². The Morgan fingerprint density at radius 3 is 2.33 bits per heavy atom. The monoisotopic (exact) mass is 292 g/mol. The van der Waals surface area contributed by atoms with Crippen molar-refractivity contribution >= 4 is 11.4 Å². The number of nitro groups is 1. The number of methoxy groups -OCH3 is 2. The van der Waals surface area contributed by atoms with Gasteiger partial charge in [0.1, 0.15) is 5.69 Å². The maximum absolute atomic E-state index is 11.4. The van der Waals surface area contributed by atoms with Crippen molar-refractivity contribution < 1.29 is 14.4 Å². The highest BCUT2D eigenvalue weighted by Crippen LogP contribution is 2.50. The Kier molecular flexibility index (Phi) is 3.39. The van der Waals surface area contributed by atoms with Gasteiger partial charge in [-0.2, -0.15) is 0 Å². The number of rotatable bonds is 4. The summed E-state index contributed by atoms with van der Waals surface area (Å²) >= 11 is 0. The molecule has 0 radical (unpaired) electrons. The summed E-state index contributed by atoms with van der Waals surface area (Å²) in [5.41, 5.74) is 1.12. The van der Waals surface area contributed by atoms with Gasteiger partial charge < -0.3 is 14.4 Å². The lowest BCUT2D eigenvalue weighted by Crippen LogP contribution is -2.33. The molecule has 3 rings (SSSR count). The van der Waals surface area contributed by atoms with Gasteiger partial charge in [-0.05, 0) is 24.7 Å². The van der Waals surface area contributed by atoms with Gasteiger partial charge in [0.15, 0.2) is 11.5 Å². The Balaban J connectivity index is 1.98. The third kappa shape index (κ3) is 2.28. The molecule has 0 aromatic heterocycles. The average Bonchev–Trinajstić information content (AvgIpc) is 2.91. The van der Waals surface area contributed by atoms with Gasteiger partial charge >= 0.3 is 0 Å². The maximum atomic E-state index is 11.4. The van der Waals surface area contributed by atoms with E-state index in [4.69, 9.17) is 9.47 Å². The minimum Gasteiger partial charge on any atom is -0.493 e. The van der Waals surface area contributed by atoms with E-state index in [9.17, 15) is 10.1 Å². The lowest BCUT2D eigenvalue weighted by atomic mass is 9.68. The summed E-state index contributed by atoms with van der Waals surface area (Å²) in [4.78, 5) is 13.2. The summed E-state index contributed by atoms with van der Waals surface area (Å²) in [6.45, 7) is 1.78. The highest BCUT2D eigenvalue weighted by Gasteiger charge is 2.44. The summed E-state index contributed by atoms with van der Waals surface area (Å²) in [6.07, 6.45) is 4.88. The van der Waals surface area contributed by atoms with Crippen molar-refractivity contribution in [3.05, 3.63) is 22.2 Å². The van der Waals surface area contributed by atoms with Crippen molar-refractivity contribution in [3.8, 4) is 11.5 Å². The number of benzene rings is 1. The van der Waals surface area contributed by atoms with E-state index in [0.29, 0.717) is 22.6 Å². The second-order valence-corrected chi connectivity index (χ2v) is 5.98. The van der Waals surface area contributed by atoms with Crippen LogP contribution in [0, 0.1) is 15.5 Å². The second kappa shape index (κ2) is 5.09. The number of anilines is 1. The summed E-state index contributed by atoms with van der Waals surface area (Å²) in [5, 5.41) is 11.4. The number of ether oxygens (including phenoxy) is 2. The first kappa shape index (κ1) is 14.0. The van der Waals surface area contributed by atoms with Gasteiger partial charge in [-0.15, -0.1) is 0 Å². The largest absolute Gasteiger partial charge is 0.493 e. The topological polar surface area (TPSA) is 64.8 Å². The minimum absolute atomic E-state index is 0.0871. The van der Waals surface area contributed by atoms with Crippen LogP contribution in [0.3, 0.4) is 0 Å². The molecule has 1 saturated heterocycles. The van der Waals surface area contributed by atoms with Crippen LogP contribution < -0.4 is 14.4 Å². The van der Waals surface area contributed by atoms with E-state index in [2.05, 4.69) is 4.90 Å². The fourth-order valence-corrected chi connectivity index (χ4v) is 3.48. The molecule has 6 heteroatoms. The quantitative estimate of drug-likeness (QED) is 0.630. The van der Waals surface area contributed by atoms with Crippen LogP contribution >= 0.6 is 0 Å². The zero-order chi connectivity index (χ0) is 15.0. The van der Waals surface area contributed by atoms with E-state index in [1.165, 1.54) is 32.4 Å². The van der Waals surface area contributed by atoms with Crippen LogP contribution in [-0.4, -0.2) is 32.2 Å². The molecule has 0 atom stereocenters. The van der Waals surface area contributed by atoms with Crippen LogP contribution in [0.1, 0.15) is 25.7 Å².